The molecule has 0 aromatic heterocycles. The van der Waals surface area contributed by atoms with E-state index in [0.717, 1.165) is 69.8 Å². The standard InChI is InChI=1S/C26H41N3O3/c1-3-4-5-6-7-10-25(30)28-21-11-12-24(29-15-13-20(2)14-16-29)23(18-21)26(31)27-19-22-9-8-17-32-22/h11-12,18,20,22H,3-10,13-17,19H2,1-2H3,(H,27,31)(H,28,30). The summed E-state index contributed by atoms with van der Waals surface area (Å²) in [6.07, 6.45) is 10.5. The Morgan fingerprint density at radius 1 is 1.09 bits per heavy atom. The molecule has 0 spiro atoms. The molecule has 1 aromatic rings. The lowest BCUT2D eigenvalue weighted by Gasteiger charge is -2.33. The number of carbonyl (C=O) groups is 2. The second kappa shape index (κ2) is 12.8. The minimum atomic E-state index is -0.0928. The summed E-state index contributed by atoms with van der Waals surface area (Å²) >= 11 is 0. The van der Waals surface area contributed by atoms with Crippen molar-refractivity contribution >= 4 is 23.2 Å². The highest BCUT2D eigenvalue weighted by atomic mass is 16.5. The Kier molecular flexibility index (Phi) is 9.85. The predicted octanol–water partition coefficient (Wildman–Crippen LogP) is 5.13. The van der Waals surface area contributed by atoms with Gasteiger partial charge in [0.2, 0.25) is 5.91 Å². The first-order valence-electron chi connectivity index (χ1n) is 12.7. The van der Waals surface area contributed by atoms with Crippen molar-refractivity contribution in [3.05, 3.63) is 23.8 Å². The van der Waals surface area contributed by atoms with Gasteiger partial charge in [-0.05, 0) is 56.2 Å². The first-order valence-corrected chi connectivity index (χ1v) is 12.7. The number of rotatable bonds is 11. The number of amides is 2. The minimum Gasteiger partial charge on any atom is -0.376 e. The number of nitrogens with one attached hydrogen (secondary N) is 2. The summed E-state index contributed by atoms with van der Waals surface area (Å²) in [4.78, 5) is 27.8. The normalized spacial score (nSPS) is 19.2. The van der Waals surface area contributed by atoms with Crippen LogP contribution in [0.5, 0.6) is 0 Å². The molecule has 2 saturated heterocycles. The summed E-state index contributed by atoms with van der Waals surface area (Å²) in [5, 5.41) is 6.06. The lowest BCUT2D eigenvalue weighted by molar-refractivity contribution is -0.116. The van der Waals surface area contributed by atoms with Crippen LogP contribution in [0, 0.1) is 5.92 Å². The molecular weight excluding hydrogens is 402 g/mol. The van der Waals surface area contributed by atoms with Crippen molar-refractivity contribution in [3.63, 3.8) is 0 Å². The van der Waals surface area contributed by atoms with Crippen LogP contribution in [0.4, 0.5) is 11.4 Å². The summed E-state index contributed by atoms with van der Waals surface area (Å²) < 4.78 is 5.65. The molecule has 1 unspecified atom stereocenters. The van der Waals surface area contributed by atoms with Crippen molar-refractivity contribution in [1.82, 2.24) is 5.32 Å². The number of anilines is 2. The van der Waals surface area contributed by atoms with Gasteiger partial charge in [0.25, 0.3) is 5.91 Å². The van der Waals surface area contributed by atoms with E-state index in [1.54, 1.807) is 0 Å². The monoisotopic (exact) mass is 443 g/mol. The highest BCUT2D eigenvalue weighted by Crippen LogP contribution is 2.29. The number of nitrogens with zero attached hydrogens (tertiary/aromatic N) is 1. The fourth-order valence-corrected chi connectivity index (χ4v) is 4.54. The third kappa shape index (κ3) is 7.51. The molecule has 2 fully saturated rings. The Labute approximate surface area is 193 Å². The number of hydrogen-bond donors (Lipinski definition) is 2. The molecule has 0 aliphatic carbocycles. The largest absolute Gasteiger partial charge is 0.376 e. The van der Waals surface area contributed by atoms with E-state index in [-0.39, 0.29) is 17.9 Å². The second-order valence-electron chi connectivity index (χ2n) is 9.46. The van der Waals surface area contributed by atoms with Crippen molar-refractivity contribution in [2.75, 3.05) is 36.5 Å². The smallest absolute Gasteiger partial charge is 0.253 e. The first-order chi connectivity index (χ1) is 15.6. The average molecular weight is 444 g/mol. The molecule has 0 radical (unpaired) electrons. The van der Waals surface area contributed by atoms with E-state index >= 15 is 0 Å². The molecule has 6 nitrogen and oxygen atoms in total. The van der Waals surface area contributed by atoms with Gasteiger partial charge in [-0.1, -0.05) is 39.5 Å². The van der Waals surface area contributed by atoms with Crippen molar-refractivity contribution in [3.8, 4) is 0 Å². The minimum absolute atomic E-state index is 0.0201. The van der Waals surface area contributed by atoms with Crippen LogP contribution in [0.1, 0.15) is 88.4 Å². The lowest BCUT2D eigenvalue weighted by atomic mass is 9.97. The maximum absolute atomic E-state index is 13.1. The Morgan fingerprint density at radius 3 is 2.59 bits per heavy atom. The van der Waals surface area contributed by atoms with Gasteiger partial charge in [0, 0.05) is 44.0 Å². The molecule has 2 aliphatic rings. The zero-order valence-electron chi connectivity index (χ0n) is 20.0. The topological polar surface area (TPSA) is 70.7 Å². The first kappa shape index (κ1) is 24.6. The molecular formula is C26H41N3O3. The predicted molar refractivity (Wildman–Crippen MR) is 130 cm³/mol. The van der Waals surface area contributed by atoms with Crippen molar-refractivity contribution in [2.45, 2.75) is 84.2 Å². The molecule has 178 valence electrons. The van der Waals surface area contributed by atoms with E-state index in [2.05, 4.69) is 29.4 Å². The average Bonchev–Trinajstić information content (AvgIpc) is 3.32. The fourth-order valence-electron chi connectivity index (χ4n) is 4.54. The van der Waals surface area contributed by atoms with Gasteiger partial charge >= 0.3 is 0 Å². The van der Waals surface area contributed by atoms with Crippen LogP contribution in [-0.2, 0) is 9.53 Å². The molecule has 2 amide bonds. The molecule has 2 N–H and O–H groups in total. The quantitative estimate of drug-likeness (QED) is 0.465. The van der Waals surface area contributed by atoms with Crippen LogP contribution in [0.3, 0.4) is 0 Å². The SMILES string of the molecule is CCCCCCCC(=O)Nc1ccc(N2CCC(C)CC2)c(C(=O)NCC2CCCO2)c1. The van der Waals surface area contributed by atoms with E-state index in [9.17, 15) is 9.59 Å². The molecule has 1 atom stereocenters. The van der Waals surface area contributed by atoms with Gasteiger partial charge in [0.15, 0.2) is 0 Å². The fraction of sp³-hybridized carbons (Fsp3) is 0.692. The Morgan fingerprint density at radius 2 is 1.88 bits per heavy atom. The van der Waals surface area contributed by atoms with Gasteiger partial charge in [-0.3, -0.25) is 9.59 Å². The van der Waals surface area contributed by atoms with E-state index < -0.39 is 0 Å². The molecule has 32 heavy (non-hydrogen) atoms. The van der Waals surface area contributed by atoms with Crippen LogP contribution in [0.15, 0.2) is 18.2 Å². The summed E-state index contributed by atoms with van der Waals surface area (Å²) in [5.74, 6) is 0.649. The molecule has 1 aromatic carbocycles. The lowest BCUT2D eigenvalue weighted by Crippen LogP contribution is -2.36. The van der Waals surface area contributed by atoms with Gasteiger partial charge in [-0.15, -0.1) is 0 Å². The third-order valence-corrected chi connectivity index (χ3v) is 6.67. The van der Waals surface area contributed by atoms with E-state index in [1.165, 1.54) is 19.3 Å². The van der Waals surface area contributed by atoms with Crippen molar-refractivity contribution in [1.29, 1.82) is 0 Å². The maximum Gasteiger partial charge on any atom is 0.253 e. The molecule has 0 bridgehead atoms. The van der Waals surface area contributed by atoms with Gasteiger partial charge in [-0.2, -0.15) is 0 Å². The van der Waals surface area contributed by atoms with E-state index in [4.69, 9.17) is 4.74 Å². The highest BCUT2D eigenvalue weighted by Gasteiger charge is 2.23. The Balaban J connectivity index is 1.65. The van der Waals surface area contributed by atoms with Gasteiger partial charge in [0.1, 0.15) is 0 Å². The summed E-state index contributed by atoms with van der Waals surface area (Å²) in [7, 11) is 0. The second-order valence-corrected chi connectivity index (χ2v) is 9.46. The van der Waals surface area contributed by atoms with Crippen LogP contribution in [-0.4, -0.2) is 44.2 Å². The van der Waals surface area contributed by atoms with Gasteiger partial charge < -0.3 is 20.3 Å². The zero-order chi connectivity index (χ0) is 22.8. The van der Waals surface area contributed by atoms with Crippen LogP contribution < -0.4 is 15.5 Å². The highest BCUT2D eigenvalue weighted by molar-refractivity contribution is 6.02. The Hall–Kier alpha value is -2.08. The molecule has 6 heteroatoms. The maximum atomic E-state index is 13.1. The molecule has 0 saturated carbocycles. The van der Waals surface area contributed by atoms with Gasteiger partial charge in [-0.25, -0.2) is 0 Å². The molecule has 2 aliphatic heterocycles. The van der Waals surface area contributed by atoms with E-state index in [0.29, 0.717) is 24.2 Å². The van der Waals surface area contributed by atoms with Gasteiger partial charge in [0.05, 0.1) is 11.7 Å². The summed E-state index contributed by atoms with van der Waals surface area (Å²) in [5.41, 5.74) is 2.29. The van der Waals surface area contributed by atoms with E-state index in [1.807, 2.05) is 18.2 Å². The van der Waals surface area contributed by atoms with Crippen LogP contribution in [0.25, 0.3) is 0 Å². The van der Waals surface area contributed by atoms with Crippen molar-refractivity contribution < 1.29 is 14.3 Å². The number of piperidine rings is 1. The van der Waals surface area contributed by atoms with Crippen LogP contribution >= 0.6 is 0 Å². The molecule has 3 rings (SSSR count). The number of unbranched alkanes of at least 4 members (excludes halogenated alkanes) is 4. The molecule has 2 heterocycles. The van der Waals surface area contributed by atoms with Crippen molar-refractivity contribution in [2.24, 2.45) is 5.92 Å². The number of hydrogen-bond acceptors (Lipinski definition) is 4. The summed E-state index contributed by atoms with van der Waals surface area (Å²) in [6, 6.07) is 5.76. The third-order valence-electron chi connectivity index (χ3n) is 6.67. The Bertz CT molecular complexity index is 738. The number of ether oxygens (including phenoxy) is 1. The van der Waals surface area contributed by atoms with Crippen LogP contribution in [0.2, 0.25) is 0 Å². The summed E-state index contributed by atoms with van der Waals surface area (Å²) in [6.45, 7) is 7.69. The number of benzene rings is 1. The zero-order valence-corrected chi connectivity index (χ0v) is 20.0. The number of carbonyl (C=O) groups excluding carboxylic acids is 2.